The van der Waals surface area contributed by atoms with E-state index in [2.05, 4.69) is 0 Å². The molecule has 0 aliphatic heterocycles. The molecule has 0 amide bonds. The number of carbonyl (C=O) groups is 2. The Kier molecular flexibility index (Phi) is 25.9. The van der Waals surface area contributed by atoms with Gasteiger partial charge in [0, 0.05) is 11.8 Å². The first-order valence-electron chi connectivity index (χ1n) is 7.22. The Hall–Kier alpha value is -0.154. The Labute approximate surface area is 216 Å². The fourth-order valence-corrected chi connectivity index (χ4v) is 1.52. The molecule has 2 aromatic rings. The Morgan fingerprint density at radius 2 is 1.30 bits per heavy atom. The molecule has 0 saturated heterocycles. The van der Waals surface area contributed by atoms with E-state index >= 15 is 0 Å². The summed E-state index contributed by atoms with van der Waals surface area (Å²) in [7, 11) is 0. The van der Waals surface area contributed by atoms with Crippen molar-refractivity contribution in [3.05, 3.63) is 59.7 Å². The summed E-state index contributed by atoms with van der Waals surface area (Å²) in [6.07, 6.45) is 1.39. The van der Waals surface area contributed by atoms with E-state index in [4.69, 9.17) is 44.6 Å². The molecule has 5 nitrogen and oxygen atoms in total. The van der Waals surface area contributed by atoms with Crippen molar-refractivity contribution in [1.82, 2.24) is 0 Å². The van der Waals surface area contributed by atoms with Crippen LogP contribution < -0.4 is 56.1 Å². The molecule has 0 aromatic heterocycles. The first-order chi connectivity index (χ1) is 12.1. The van der Waals surface area contributed by atoms with Gasteiger partial charge in [0.25, 0.3) is 0 Å². The number of rotatable bonds is 6. The van der Waals surface area contributed by atoms with Gasteiger partial charge in [-0.25, -0.2) is 0 Å². The number of benzene rings is 2. The predicted octanol–water partition coefficient (Wildman–Crippen LogP) is 1.61. The Bertz CT molecular complexity index is 627. The zero-order valence-corrected chi connectivity index (χ0v) is 20.2. The summed E-state index contributed by atoms with van der Waals surface area (Å²) in [5, 5.41) is 8.88. The average Bonchev–Trinajstić information content (AvgIpc) is 2.67. The number of aldehydes is 2. The van der Waals surface area contributed by atoms with E-state index in [0.717, 1.165) is 6.29 Å². The van der Waals surface area contributed by atoms with E-state index < -0.39 is 0 Å². The van der Waals surface area contributed by atoms with Crippen molar-refractivity contribution in [3.63, 3.8) is 0 Å². The second-order valence-corrected chi connectivity index (χ2v) is 5.38. The van der Waals surface area contributed by atoms with Crippen LogP contribution in [0.5, 0.6) is 11.5 Å². The van der Waals surface area contributed by atoms with Crippen LogP contribution in [0, 0.1) is 0 Å². The summed E-state index contributed by atoms with van der Waals surface area (Å²) in [5.74, 6) is 2.16. The zero-order chi connectivity index (χ0) is 18.9. The monoisotopic (exact) mass is 460 g/mol. The standard InChI is InChI=1S/C9H9ClO2.C7H6O2.C2H4Cl2.K.H2O/c10-5-6-12-9-4-2-1-3-8(9)7-11;8-5-6-3-1-2-4-7(6)9;3-1-2-4;;/h1-4,7H,5-6H2;1-5,9H;1-2H2;;1H2/q;;;+1;/p-1. The number of hydrogen-bond donors (Lipinski definition) is 1. The van der Waals surface area contributed by atoms with Crippen LogP contribution in [0.15, 0.2) is 48.5 Å². The van der Waals surface area contributed by atoms with Gasteiger partial charge in [0.15, 0.2) is 12.6 Å². The minimum absolute atomic E-state index is 0. The number of phenolic OH excluding ortho intramolecular Hbond substituents is 1. The number of halogens is 3. The van der Waals surface area contributed by atoms with Crippen LogP contribution in [0.1, 0.15) is 20.7 Å². The summed E-state index contributed by atoms with van der Waals surface area (Å²) in [6.45, 7) is 0.423. The normalized spacial score (nSPS) is 8.26. The molecule has 0 radical (unpaired) electrons. The maximum atomic E-state index is 10.5. The Morgan fingerprint density at radius 3 is 1.70 bits per heavy atom. The summed E-state index contributed by atoms with van der Waals surface area (Å²) in [4.78, 5) is 20.5. The van der Waals surface area contributed by atoms with Crippen molar-refractivity contribution < 1.29 is 76.3 Å². The number of carbonyl (C=O) groups excluding carboxylic acids is 2. The van der Waals surface area contributed by atoms with Gasteiger partial charge in [0.1, 0.15) is 18.1 Å². The van der Waals surface area contributed by atoms with E-state index in [1.54, 1.807) is 36.4 Å². The molecule has 0 aliphatic rings. The molecule has 27 heavy (non-hydrogen) atoms. The topological polar surface area (TPSA) is 93.6 Å². The number of para-hydroxylation sites is 2. The number of phenols is 1. The molecule has 0 heterocycles. The summed E-state index contributed by atoms with van der Waals surface area (Å²) in [6, 6.07) is 13.5. The van der Waals surface area contributed by atoms with Gasteiger partial charge in [-0.3, -0.25) is 9.59 Å². The number of hydrogen-bond acceptors (Lipinski definition) is 5. The van der Waals surface area contributed by atoms with Gasteiger partial charge in [-0.2, -0.15) is 0 Å². The molecule has 0 bridgehead atoms. The van der Waals surface area contributed by atoms with E-state index in [1.807, 2.05) is 6.07 Å². The summed E-state index contributed by atoms with van der Waals surface area (Å²) >= 11 is 15.5. The van der Waals surface area contributed by atoms with Crippen LogP contribution in [-0.4, -0.2) is 47.4 Å². The Morgan fingerprint density at radius 1 is 0.815 bits per heavy atom. The molecule has 0 spiro atoms. The number of ether oxygens (including phenoxy) is 1. The fraction of sp³-hybridized carbons (Fsp3) is 0.222. The van der Waals surface area contributed by atoms with Gasteiger partial charge >= 0.3 is 51.4 Å². The van der Waals surface area contributed by atoms with Gasteiger partial charge in [-0.15, -0.1) is 34.8 Å². The summed E-state index contributed by atoms with van der Waals surface area (Å²) in [5.41, 5.74) is 0.889. The van der Waals surface area contributed by atoms with Crippen LogP contribution >= 0.6 is 34.8 Å². The minimum Gasteiger partial charge on any atom is -0.870 e. The molecule has 9 heteroatoms. The van der Waals surface area contributed by atoms with Crippen molar-refractivity contribution in [3.8, 4) is 11.5 Å². The van der Waals surface area contributed by atoms with Gasteiger partial charge in [0.05, 0.1) is 17.0 Å². The molecule has 144 valence electrons. The van der Waals surface area contributed by atoms with Crippen LogP contribution in [0.4, 0.5) is 0 Å². The van der Waals surface area contributed by atoms with Crippen molar-refractivity contribution >= 4 is 47.4 Å². The third-order valence-corrected chi connectivity index (χ3v) is 3.24. The SMILES string of the molecule is ClCCCl.O=Cc1ccccc1O.O=Cc1ccccc1OCCCl.[K+].[OH-]. The largest absolute Gasteiger partial charge is 1.00 e. The smallest absolute Gasteiger partial charge is 0.870 e. The second-order valence-electron chi connectivity index (χ2n) is 4.25. The van der Waals surface area contributed by atoms with Gasteiger partial charge in [-0.1, -0.05) is 24.3 Å². The van der Waals surface area contributed by atoms with Crippen molar-refractivity contribution in [2.75, 3.05) is 24.2 Å². The quantitative estimate of drug-likeness (QED) is 0.401. The van der Waals surface area contributed by atoms with Crippen LogP contribution in [0.3, 0.4) is 0 Å². The van der Waals surface area contributed by atoms with Gasteiger partial charge < -0.3 is 15.3 Å². The third kappa shape index (κ3) is 15.4. The molecule has 2 aromatic carbocycles. The number of alkyl halides is 3. The van der Waals surface area contributed by atoms with E-state index in [1.165, 1.54) is 6.07 Å². The zero-order valence-electron chi connectivity index (χ0n) is 14.9. The van der Waals surface area contributed by atoms with Gasteiger partial charge in [-0.05, 0) is 24.3 Å². The minimum atomic E-state index is 0. The van der Waals surface area contributed by atoms with Crippen LogP contribution in [0.25, 0.3) is 0 Å². The van der Waals surface area contributed by atoms with Crippen LogP contribution in [-0.2, 0) is 0 Å². The van der Waals surface area contributed by atoms with Crippen LogP contribution in [0.2, 0.25) is 0 Å². The van der Waals surface area contributed by atoms with E-state index in [9.17, 15) is 9.59 Å². The number of aromatic hydroxyl groups is 1. The molecular weight excluding hydrogens is 442 g/mol. The molecule has 0 aliphatic carbocycles. The van der Waals surface area contributed by atoms with Gasteiger partial charge in [0.2, 0.25) is 0 Å². The third-order valence-electron chi connectivity index (χ3n) is 2.52. The molecule has 0 saturated carbocycles. The first kappa shape index (κ1) is 31.5. The molecule has 0 unspecified atom stereocenters. The maximum Gasteiger partial charge on any atom is 1.00 e. The van der Waals surface area contributed by atoms with Crippen molar-refractivity contribution in [1.29, 1.82) is 0 Å². The Balaban J connectivity index is -0.000000343. The molecule has 2 N–H and O–H groups in total. The fourth-order valence-electron chi connectivity index (χ4n) is 1.45. The molecule has 0 atom stereocenters. The van der Waals surface area contributed by atoms with E-state index in [-0.39, 0.29) is 62.6 Å². The molecule has 0 fully saturated rings. The molecular formula is C18H20Cl3KO5. The second kappa shape index (κ2) is 22.1. The molecule has 2 rings (SSSR count). The average molecular weight is 462 g/mol. The van der Waals surface area contributed by atoms with E-state index in [0.29, 0.717) is 47.4 Å². The first-order valence-corrected chi connectivity index (χ1v) is 8.83. The maximum absolute atomic E-state index is 10.5. The predicted molar refractivity (Wildman–Crippen MR) is 105 cm³/mol. The van der Waals surface area contributed by atoms with Crippen molar-refractivity contribution in [2.45, 2.75) is 0 Å². The van der Waals surface area contributed by atoms with Crippen molar-refractivity contribution in [2.24, 2.45) is 0 Å². The summed E-state index contributed by atoms with van der Waals surface area (Å²) < 4.78 is 5.21.